The predicted molar refractivity (Wildman–Crippen MR) is 60.3 cm³/mol. The minimum Gasteiger partial charge on any atom is -0.304 e. The van der Waals surface area contributed by atoms with Crippen LogP contribution in [0.4, 0.5) is 0 Å². The second kappa shape index (κ2) is 3.46. The minimum absolute atomic E-state index is 0.136. The van der Waals surface area contributed by atoms with Crippen LogP contribution in [0.15, 0.2) is 20.1 Å². The maximum atomic E-state index is 11.7. The highest BCUT2D eigenvalue weighted by molar-refractivity contribution is 9.10. The first kappa shape index (κ1) is 10.4. The molecule has 0 aliphatic heterocycles. The number of rotatable bonds is 0. The summed E-state index contributed by atoms with van der Waals surface area (Å²) in [6, 6.07) is 1.51. The third-order valence-corrected chi connectivity index (χ3v) is 2.80. The van der Waals surface area contributed by atoms with E-state index in [-0.39, 0.29) is 10.7 Å². The molecule has 7 heteroatoms. The molecule has 0 unspecified atom stereocenters. The second-order valence-electron chi connectivity index (χ2n) is 2.94. The van der Waals surface area contributed by atoms with Crippen molar-refractivity contribution >= 4 is 38.6 Å². The number of hydrogen-bond donors (Lipinski definition) is 1. The molecule has 0 atom stereocenters. The molecular weight excluding hydrogens is 285 g/mol. The van der Waals surface area contributed by atoms with Gasteiger partial charge in [0.15, 0.2) is 5.52 Å². The monoisotopic (exact) mass is 289 g/mol. The van der Waals surface area contributed by atoms with Gasteiger partial charge >= 0.3 is 5.69 Å². The van der Waals surface area contributed by atoms with E-state index in [4.69, 9.17) is 11.6 Å². The zero-order valence-electron chi connectivity index (χ0n) is 7.54. The predicted octanol–water partition coefficient (Wildman–Crippen LogP) is 1.04. The van der Waals surface area contributed by atoms with E-state index in [1.165, 1.54) is 13.1 Å². The zero-order chi connectivity index (χ0) is 11.2. The topological polar surface area (TPSA) is 67.8 Å². The van der Waals surface area contributed by atoms with E-state index in [0.29, 0.717) is 9.99 Å². The number of fused-ring (bicyclic) bond motifs is 1. The van der Waals surface area contributed by atoms with Crippen LogP contribution in [0.3, 0.4) is 0 Å². The van der Waals surface area contributed by atoms with E-state index in [1.54, 1.807) is 0 Å². The van der Waals surface area contributed by atoms with E-state index in [1.807, 2.05) is 0 Å². The van der Waals surface area contributed by atoms with Gasteiger partial charge in [-0.2, -0.15) is 0 Å². The molecule has 0 amide bonds. The van der Waals surface area contributed by atoms with Crippen molar-refractivity contribution in [1.29, 1.82) is 0 Å². The van der Waals surface area contributed by atoms with E-state index in [2.05, 4.69) is 25.9 Å². The molecule has 78 valence electrons. The molecule has 0 fully saturated rings. The highest BCUT2D eigenvalue weighted by atomic mass is 79.9. The van der Waals surface area contributed by atoms with E-state index in [9.17, 15) is 9.59 Å². The fraction of sp³-hybridized carbons (Fsp3) is 0.125. The zero-order valence-corrected chi connectivity index (χ0v) is 9.89. The normalized spacial score (nSPS) is 10.9. The van der Waals surface area contributed by atoms with Crippen molar-refractivity contribution < 1.29 is 0 Å². The Morgan fingerprint density at radius 1 is 1.53 bits per heavy atom. The first-order valence-corrected chi connectivity index (χ1v) is 5.13. The molecule has 2 heterocycles. The van der Waals surface area contributed by atoms with Gasteiger partial charge in [-0.05, 0) is 22.0 Å². The van der Waals surface area contributed by atoms with Gasteiger partial charge in [0.1, 0.15) is 5.15 Å². The summed E-state index contributed by atoms with van der Waals surface area (Å²) < 4.78 is 1.48. The van der Waals surface area contributed by atoms with Gasteiger partial charge in [0.05, 0.1) is 5.52 Å². The molecular formula is C8H5BrClN3O2. The van der Waals surface area contributed by atoms with E-state index >= 15 is 0 Å². The van der Waals surface area contributed by atoms with Gasteiger partial charge in [0, 0.05) is 11.5 Å². The second-order valence-corrected chi connectivity index (χ2v) is 4.19. The number of halogens is 2. The summed E-state index contributed by atoms with van der Waals surface area (Å²) >= 11 is 8.90. The minimum atomic E-state index is -0.489. The first-order valence-electron chi connectivity index (χ1n) is 3.96. The van der Waals surface area contributed by atoms with Crippen molar-refractivity contribution in [2.24, 2.45) is 7.05 Å². The maximum absolute atomic E-state index is 11.7. The van der Waals surface area contributed by atoms with Crippen LogP contribution in [-0.2, 0) is 7.05 Å². The van der Waals surface area contributed by atoms with E-state index in [0.717, 1.165) is 4.57 Å². The van der Waals surface area contributed by atoms with Crippen molar-refractivity contribution in [1.82, 2.24) is 14.5 Å². The number of pyridine rings is 1. The summed E-state index contributed by atoms with van der Waals surface area (Å²) in [6.07, 6.45) is 0. The average Bonchev–Trinajstić information content (AvgIpc) is 2.17. The quantitative estimate of drug-likeness (QED) is 0.737. The summed E-state index contributed by atoms with van der Waals surface area (Å²) in [5, 5.41) is 0.193. The van der Waals surface area contributed by atoms with Gasteiger partial charge < -0.3 is 4.98 Å². The highest BCUT2D eigenvalue weighted by Crippen LogP contribution is 2.20. The van der Waals surface area contributed by atoms with Gasteiger partial charge in [0.25, 0.3) is 5.56 Å². The molecule has 15 heavy (non-hydrogen) atoms. The lowest BCUT2D eigenvalue weighted by molar-refractivity contribution is 0.790. The van der Waals surface area contributed by atoms with E-state index < -0.39 is 11.2 Å². The van der Waals surface area contributed by atoms with Crippen LogP contribution in [-0.4, -0.2) is 14.5 Å². The molecule has 0 aliphatic carbocycles. The molecule has 2 aromatic heterocycles. The van der Waals surface area contributed by atoms with Crippen LogP contribution < -0.4 is 11.2 Å². The third kappa shape index (κ3) is 1.59. The summed E-state index contributed by atoms with van der Waals surface area (Å²) in [6.45, 7) is 0. The Balaban J connectivity index is 3.13. The molecule has 0 saturated heterocycles. The fourth-order valence-electron chi connectivity index (χ4n) is 1.20. The first-order chi connectivity index (χ1) is 7.00. The number of nitrogens with one attached hydrogen (secondary N) is 1. The Hall–Kier alpha value is -1.14. The largest absolute Gasteiger partial charge is 0.328 e. The van der Waals surface area contributed by atoms with Crippen molar-refractivity contribution in [3.05, 3.63) is 36.5 Å². The molecule has 0 saturated carbocycles. The average molecular weight is 291 g/mol. The smallest absolute Gasteiger partial charge is 0.304 e. The lowest BCUT2D eigenvalue weighted by atomic mass is 10.3. The molecule has 0 bridgehead atoms. The lowest BCUT2D eigenvalue weighted by Gasteiger charge is -2.02. The molecule has 2 aromatic rings. The number of hydrogen-bond acceptors (Lipinski definition) is 3. The summed E-state index contributed by atoms with van der Waals surface area (Å²) in [5.74, 6) is 0. The molecule has 0 aliphatic rings. The summed E-state index contributed by atoms with van der Waals surface area (Å²) in [7, 11) is 1.37. The summed E-state index contributed by atoms with van der Waals surface area (Å²) in [4.78, 5) is 29.4. The molecule has 0 spiro atoms. The van der Waals surface area contributed by atoms with Gasteiger partial charge in [-0.25, -0.2) is 9.78 Å². The number of nitrogens with zero attached hydrogens (tertiary/aromatic N) is 2. The lowest BCUT2D eigenvalue weighted by Crippen LogP contribution is -2.32. The molecule has 5 nitrogen and oxygen atoms in total. The van der Waals surface area contributed by atoms with Gasteiger partial charge in [0.2, 0.25) is 0 Å². The number of aromatic amines is 1. The summed E-state index contributed by atoms with van der Waals surface area (Å²) in [5.41, 5.74) is -0.474. The Labute approximate surface area is 96.8 Å². The maximum Gasteiger partial charge on any atom is 0.328 e. The highest BCUT2D eigenvalue weighted by Gasteiger charge is 2.09. The molecule has 0 radical (unpaired) electrons. The van der Waals surface area contributed by atoms with Gasteiger partial charge in [-0.3, -0.25) is 9.36 Å². The van der Waals surface area contributed by atoms with Crippen LogP contribution in [0.5, 0.6) is 0 Å². The van der Waals surface area contributed by atoms with Crippen LogP contribution in [0.1, 0.15) is 0 Å². The Bertz CT molecular complexity index is 661. The Kier molecular flexibility index (Phi) is 2.40. The van der Waals surface area contributed by atoms with Crippen LogP contribution in [0.2, 0.25) is 5.15 Å². The van der Waals surface area contributed by atoms with Gasteiger partial charge in [-0.1, -0.05) is 11.6 Å². The van der Waals surface area contributed by atoms with Crippen LogP contribution in [0.25, 0.3) is 11.0 Å². The number of aromatic nitrogens is 3. The Morgan fingerprint density at radius 2 is 2.20 bits per heavy atom. The SMILES string of the molecule is Cn1c(=O)[nH]c2c(Br)cc(Cl)nc2c1=O. The third-order valence-electron chi connectivity index (χ3n) is 1.98. The van der Waals surface area contributed by atoms with Crippen molar-refractivity contribution in [2.75, 3.05) is 0 Å². The van der Waals surface area contributed by atoms with Gasteiger partial charge in [-0.15, -0.1) is 0 Å². The van der Waals surface area contributed by atoms with Crippen LogP contribution in [0, 0.1) is 0 Å². The molecule has 1 N–H and O–H groups in total. The van der Waals surface area contributed by atoms with Crippen LogP contribution >= 0.6 is 27.5 Å². The molecule has 0 aromatic carbocycles. The van der Waals surface area contributed by atoms with Crippen molar-refractivity contribution in [2.45, 2.75) is 0 Å². The van der Waals surface area contributed by atoms with Crippen molar-refractivity contribution in [3.8, 4) is 0 Å². The standard InChI is InChI=1S/C8H5BrClN3O2/c1-13-7(14)6-5(12-8(13)15)3(9)2-4(10)11-6/h2H,1H3,(H,12,15). The Morgan fingerprint density at radius 3 is 2.87 bits per heavy atom. The number of H-pyrrole nitrogens is 1. The van der Waals surface area contributed by atoms with Crippen molar-refractivity contribution in [3.63, 3.8) is 0 Å². The molecule has 2 rings (SSSR count). The fourth-order valence-corrected chi connectivity index (χ4v) is 2.03.